The van der Waals surface area contributed by atoms with Gasteiger partial charge in [0, 0.05) is 0 Å². The zero-order valence-corrected chi connectivity index (χ0v) is 18.5. The summed E-state index contributed by atoms with van der Waals surface area (Å²) in [5.74, 6) is 0.809. The number of hydrogen-bond donors (Lipinski definition) is 2. The molecule has 0 atom stereocenters. The van der Waals surface area contributed by atoms with Crippen molar-refractivity contribution in [3.63, 3.8) is 0 Å². The molecule has 0 saturated heterocycles. The molecule has 3 rings (SSSR count). The van der Waals surface area contributed by atoms with Gasteiger partial charge in [-0.3, -0.25) is 4.68 Å². The maximum absolute atomic E-state index is 12.7. The quantitative estimate of drug-likeness (QED) is 0.482. The third kappa shape index (κ3) is 5.69. The van der Waals surface area contributed by atoms with Crippen molar-refractivity contribution in [1.29, 1.82) is 0 Å². The van der Waals surface area contributed by atoms with Crippen molar-refractivity contribution < 1.29 is 18.3 Å². The molecular formula is C22H24F2N4O2S. The predicted octanol–water partition coefficient (Wildman–Crippen LogP) is 5.28. The van der Waals surface area contributed by atoms with Crippen LogP contribution in [0.15, 0.2) is 42.5 Å². The lowest BCUT2D eigenvalue weighted by molar-refractivity contribution is -0.0493. The minimum Gasteiger partial charge on any atom is -0.497 e. The molecule has 0 aliphatic heterocycles. The second-order valence-electron chi connectivity index (χ2n) is 7.01. The molecule has 1 aromatic heterocycles. The number of rotatable bonds is 7. The van der Waals surface area contributed by atoms with Gasteiger partial charge in [-0.2, -0.15) is 13.9 Å². The van der Waals surface area contributed by atoms with Gasteiger partial charge in [-0.15, -0.1) is 0 Å². The fraction of sp³-hybridized carbons (Fsp3) is 0.273. The van der Waals surface area contributed by atoms with Crippen molar-refractivity contribution in [3.8, 4) is 11.5 Å². The highest BCUT2D eigenvalue weighted by atomic mass is 32.1. The molecule has 2 aromatic carbocycles. The molecule has 0 fully saturated rings. The fourth-order valence-electron chi connectivity index (χ4n) is 3.17. The second-order valence-corrected chi connectivity index (χ2v) is 7.42. The van der Waals surface area contributed by atoms with E-state index in [1.807, 2.05) is 42.8 Å². The Kier molecular flexibility index (Phi) is 7.06. The van der Waals surface area contributed by atoms with E-state index < -0.39 is 6.61 Å². The molecule has 6 nitrogen and oxygen atoms in total. The second kappa shape index (κ2) is 9.74. The molecule has 0 unspecified atom stereocenters. The third-order valence-electron chi connectivity index (χ3n) is 4.69. The van der Waals surface area contributed by atoms with Gasteiger partial charge >= 0.3 is 6.61 Å². The molecule has 0 amide bonds. The van der Waals surface area contributed by atoms with E-state index in [4.69, 9.17) is 17.0 Å². The largest absolute Gasteiger partial charge is 0.497 e. The van der Waals surface area contributed by atoms with Gasteiger partial charge in [-0.1, -0.05) is 18.2 Å². The number of aromatic nitrogens is 2. The SMILES string of the molecule is COc1cccc(Cn2nc(C)c(NC(=S)Nc3ccc(C)cc3OC(F)F)c2C)c1. The van der Waals surface area contributed by atoms with Crippen molar-refractivity contribution in [1.82, 2.24) is 9.78 Å². The molecule has 0 radical (unpaired) electrons. The summed E-state index contributed by atoms with van der Waals surface area (Å²) in [5, 5.41) is 10.9. The number of anilines is 2. The van der Waals surface area contributed by atoms with Crippen LogP contribution in [-0.2, 0) is 6.54 Å². The maximum atomic E-state index is 12.7. The number of halogens is 2. The Hall–Kier alpha value is -3.20. The van der Waals surface area contributed by atoms with Crippen molar-refractivity contribution in [2.45, 2.75) is 33.9 Å². The highest BCUT2D eigenvalue weighted by molar-refractivity contribution is 7.80. The van der Waals surface area contributed by atoms with Crippen molar-refractivity contribution >= 4 is 28.7 Å². The lowest BCUT2D eigenvalue weighted by Crippen LogP contribution is -2.21. The molecule has 3 aromatic rings. The van der Waals surface area contributed by atoms with Crippen LogP contribution in [0.1, 0.15) is 22.5 Å². The lowest BCUT2D eigenvalue weighted by Gasteiger charge is -2.15. The zero-order chi connectivity index (χ0) is 22.5. The first kappa shape index (κ1) is 22.5. The number of hydrogen-bond acceptors (Lipinski definition) is 4. The zero-order valence-electron chi connectivity index (χ0n) is 17.7. The van der Waals surface area contributed by atoms with E-state index in [0.717, 1.165) is 34.0 Å². The van der Waals surface area contributed by atoms with E-state index in [0.29, 0.717) is 12.2 Å². The van der Waals surface area contributed by atoms with Crippen LogP contribution in [0.5, 0.6) is 11.5 Å². The summed E-state index contributed by atoms with van der Waals surface area (Å²) >= 11 is 5.40. The molecule has 0 saturated carbocycles. The highest BCUT2D eigenvalue weighted by Crippen LogP contribution is 2.28. The van der Waals surface area contributed by atoms with Gasteiger partial charge < -0.3 is 20.1 Å². The molecule has 1 heterocycles. The van der Waals surface area contributed by atoms with Crippen LogP contribution in [0.2, 0.25) is 0 Å². The Bertz CT molecular complexity index is 1090. The number of ether oxygens (including phenoxy) is 2. The lowest BCUT2D eigenvalue weighted by atomic mass is 10.2. The molecule has 0 spiro atoms. The first-order valence-corrected chi connectivity index (χ1v) is 9.98. The van der Waals surface area contributed by atoms with E-state index in [-0.39, 0.29) is 10.9 Å². The average Bonchev–Trinajstić information content (AvgIpc) is 2.97. The van der Waals surface area contributed by atoms with E-state index in [1.165, 1.54) is 6.07 Å². The fourth-order valence-corrected chi connectivity index (χ4v) is 3.38. The molecule has 0 aliphatic rings. The molecule has 0 aliphatic carbocycles. The summed E-state index contributed by atoms with van der Waals surface area (Å²) in [6.07, 6.45) is 0. The summed E-state index contributed by atoms with van der Waals surface area (Å²) in [5.41, 5.74) is 4.59. The van der Waals surface area contributed by atoms with Crippen molar-refractivity contribution in [2.75, 3.05) is 17.7 Å². The summed E-state index contributed by atoms with van der Waals surface area (Å²) in [6, 6.07) is 12.7. The van der Waals surface area contributed by atoms with E-state index >= 15 is 0 Å². The third-order valence-corrected chi connectivity index (χ3v) is 4.89. The van der Waals surface area contributed by atoms with Gasteiger partial charge in [0.25, 0.3) is 0 Å². The van der Waals surface area contributed by atoms with Crippen molar-refractivity contribution in [3.05, 3.63) is 65.0 Å². The van der Waals surface area contributed by atoms with Gasteiger partial charge in [-0.25, -0.2) is 0 Å². The van der Waals surface area contributed by atoms with Crippen LogP contribution < -0.4 is 20.1 Å². The minimum absolute atomic E-state index is 0.0290. The minimum atomic E-state index is -2.93. The molecule has 9 heteroatoms. The van der Waals surface area contributed by atoms with Gasteiger partial charge in [0.05, 0.1) is 36.4 Å². The van der Waals surface area contributed by atoms with Crippen LogP contribution in [-0.4, -0.2) is 28.6 Å². The monoisotopic (exact) mass is 446 g/mol. The van der Waals surface area contributed by atoms with E-state index in [9.17, 15) is 8.78 Å². The van der Waals surface area contributed by atoms with Gasteiger partial charge in [0.1, 0.15) is 11.5 Å². The number of benzene rings is 2. The highest BCUT2D eigenvalue weighted by Gasteiger charge is 2.15. The van der Waals surface area contributed by atoms with Crippen LogP contribution in [0, 0.1) is 20.8 Å². The van der Waals surface area contributed by atoms with Gasteiger partial charge in [-0.05, 0) is 68.4 Å². The Morgan fingerprint density at radius 3 is 2.61 bits per heavy atom. The molecular weight excluding hydrogens is 422 g/mol. The van der Waals surface area contributed by atoms with Gasteiger partial charge in [0.15, 0.2) is 5.11 Å². The first-order chi connectivity index (χ1) is 14.8. The summed E-state index contributed by atoms with van der Waals surface area (Å²) in [6.45, 7) is 3.24. The number of aryl methyl sites for hydroxylation is 2. The topological polar surface area (TPSA) is 60.3 Å². The predicted molar refractivity (Wildman–Crippen MR) is 121 cm³/mol. The summed E-state index contributed by atoms with van der Waals surface area (Å²) < 4.78 is 37.2. The normalized spacial score (nSPS) is 10.8. The van der Waals surface area contributed by atoms with Gasteiger partial charge in [0.2, 0.25) is 0 Å². The van der Waals surface area contributed by atoms with E-state index in [2.05, 4.69) is 20.5 Å². The molecule has 31 heavy (non-hydrogen) atoms. The van der Waals surface area contributed by atoms with Crippen LogP contribution >= 0.6 is 12.2 Å². The number of nitrogens with one attached hydrogen (secondary N) is 2. The summed E-state index contributed by atoms with van der Waals surface area (Å²) in [4.78, 5) is 0. The van der Waals surface area contributed by atoms with E-state index in [1.54, 1.807) is 26.2 Å². The molecule has 2 N–H and O–H groups in total. The maximum Gasteiger partial charge on any atom is 0.387 e. The number of nitrogens with zero attached hydrogens (tertiary/aromatic N) is 2. The Morgan fingerprint density at radius 2 is 1.90 bits per heavy atom. The van der Waals surface area contributed by atoms with Crippen LogP contribution in [0.25, 0.3) is 0 Å². The molecule has 164 valence electrons. The first-order valence-electron chi connectivity index (χ1n) is 9.57. The average molecular weight is 447 g/mol. The Labute approximate surface area is 185 Å². The van der Waals surface area contributed by atoms with Crippen LogP contribution in [0.4, 0.5) is 20.2 Å². The number of alkyl halides is 2. The Morgan fingerprint density at radius 1 is 1.13 bits per heavy atom. The van der Waals surface area contributed by atoms with Crippen molar-refractivity contribution in [2.24, 2.45) is 0 Å². The number of methoxy groups -OCH3 is 1. The van der Waals surface area contributed by atoms with Crippen LogP contribution in [0.3, 0.4) is 0 Å². The summed E-state index contributed by atoms with van der Waals surface area (Å²) in [7, 11) is 1.63. The molecule has 0 bridgehead atoms. The standard InChI is InChI=1S/C22H24F2N4O2S/c1-13-8-9-18(19(10-13)30-21(23)24)25-22(31)26-20-14(2)27-28(15(20)3)12-16-6-5-7-17(11-16)29-4/h5-11,21H,12H2,1-4H3,(H2,25,26,31). The smallest absolute Gasteiger partial charge is 0.387 e. The number of thiocarbonyl (C=S) groups is 1. The Balaban J connectivity index is 1.75.